The summed E-state index contributed by atoms with van der Waals surface area (Å²) in [6.07, 6.45) is 3.66. The number of hydrogen-bond donors (Lipinski definition) is 1. The fourth-order valence-corrected chi connectivity index (χ4v) is 4.82. The van der Waals surface area contributed by atoms with Gasteiger partial charge >= 0.3 is 6.03 Å². The topological polar surface area (TPSA) is 79.0 Å². The van der Waals surface area contributed by atoms with E-state index in [1.54, 1.807) is 7.11 Å². The van der Waals surface area contributed by atoms with Gasteiger partial charge in [0, 0.05) is 32.5 Å². The summed E-state index contributed by atoms with van der Waals surface area (Å²) in [7, 11) is 1.58. The quantitative estimate of drug-likeness (QED) is 0.644. The Kier molecular flexibility index (Phi) is 4.63. The fraction of sp³-hybridized carbons (Fsp3) is 0.550. The molecule has 7 nitrogen and oxygen atoms in total. The van der Waals surface area contributed by atoms with E-state index in [2.05, 4.69) is 16.3 Å². The Morgan fingerprint density at radius 2 is 2.04 bits per heavy atom. The molecule has 1 spiro atoms. The number of methoxy groups -OCH3 is 1. The Balaban J connectivity index is 1.75. The number of carbonyl (C=O) groups excluding carboxylic acids is 3. The Morgan fingerprint density at radius 3 is 2.85 bits per heavy atom. The van der Waals surface area contributed by atoms with E-state index in [0.29, 0.717) is 19.4 Å². The van der Waals surface area contributed by atoms with Gasteiger partial charge in [-0.2, -0.15) is 0 Å². The van der Waals surface area contributed by atoms with E-state index in [1.807, 2.05) is 18.2 Å². The van der Waals surface area contributed by atoms with Crippen LogP contribution in [0, 0.1) is 5.41 Å². The molecule has 3 aliphatic heterocycles. The SMILES string of the molecule is COCCCN1C(=O)NC(=O)C2(Cc3ccccc3N3CCCCC32)C1=O. The van der Waals surface area contributed by atoms with Crippen molar-refractivity contribution < 1.29 is 19.1 Å². The highest BCUT2D eigenvalue weighted by Gasteiger charge is 2.61. The smallest absolute Gasteiger partial charge is 0.330 e. The van der Waals surface area contributed by atoms with E-state index < -0.39 is 17.4 Å². The number of ether oxygens (including phenoxy) is 1. The Morgan fingerprint density at radius 1 is 1.22 bits per heavy atom. The lowest BCUT2D eigenvalue weighted by molar-refractivity contribution is -0.154. The molecule has 2 atom stereocenters. The van der Waals surface area contributed by atoms with Crippen LogP contribution in [0.2, 0.25) is 0 Å². The number of hydrogen-bond acceptors (Lipinski definition) is 5. The molecular weight excluding hydrogens is 346 g/mol. The summed E-state index contributed by atoms with van der Waals surface area (Å²) < 4.78 is 5.05. The molecule has 0 aliphatic carbocycles. The highest BCUT2D eigenvalue weighted by atomic mass is 16.5. The first-order chi connectivity index (χ1) is 13.1. The number of anilines is 1. The van der Waals surface area contributed by atoms with E-state index in [-0.39, 0.29) is 18.5 Å². The average molecular weight is 371 g/mol. The second kappa shape index (κ2) is 6.96. The van der Waals surface area contributed by atoms with Crippen molar-refractivity contribution in [2.24, 2.45) is 5.41 Å². The Hall–Kier alpha value is -2.41. The molecule has 1 aromatic carbocycles. The van der Waals surface area contributed by atoms with Crippen LogP contribution in [0.4, 0.5) is 10.5 Å². The zero-order valence-electron chi connectivity index (χ0n) is 15.6. The summed E-state index contributed by atoms with van der Waals surface area (Å²) in [4.78, 5) is 42.4. The number of benzene rings is 1. The van der Waals surface area contributed by atoms with Crippen LogP contribution in [-0.4, -0.2) is 55.6 Å². The summed E-state index contributed by atoms with van der Waals surface area (Å²) >= 11 is 0. The molecule has 1 aromatic rings. The van der Waals surface area contributed by atoms with Crippen molar-refractivity contribution >= 4 is 23.5 Å². The number of amides is 4. The number of imide groups is 2. The van der Waals surface area contributed by atoms with Crippen molar-refractivity contribution in [3.8, 4) is 0 Å². The van der Waals surface area contributed by atoms with E-state index >= 15 is 0 Å². The highest BCUT2D eigenvalue weighted by Crippen LogP contribution is 2.47. The molecule has 2 unspecified atom stereocenters. The predicted octanol–water partition coefficient (Wildman–Crippen LogP) is 1.70. The maximum Gasteiger partial charge on any atom is 0.330 e. The van der Waals surface area contributed by atoms with Gasteiger partial charge in [-0.1, -0.05) is 18.2 Å². The van der Waals surface area contributed by atoms with Gasteiger partial charge in [0.1, 0.15) is 0 Å². The minimum absolute atomic E-state index is 0.216. The van der Waals surface area contributed by atoms with E-state index in [0.717, 1.165) is 37.1 Å². The molecule has 1 N–H and O–H groups in total. The van der Waals surface area contributed by atoms with Gasteiger partial charge in [-0.05, 0) is 43.7 Å². The first-order valence-corrected chi connectivity index (χ1v) is 9.60. The number of nitrogens with one attached hydrogen (secondary N) is 1. The van der Waals surface area contributed by atoms with Gasteiger partial charge in [0.2, 0.25) is 11.8 Å². The zero-order valence-corrected chi connectivity index (χ0v) is 15.6. The van der Waals surface area contributed by atoms with Crippen LogP contribution < -0.4 is 10.2 Å². The van der Waals surface area contributed by atoms with Crippen LogP contribution in [0.5, 0.6) is 0 Å². The van der Waals surface area contributed by atoms with Crippen LogP contribution >= 0.6 is 0 Å². The number of urea groups is 1. The number of para-hydroxylation sites is 1. The van der Waals surface area contributed by atoms with E-state index in [1.165, 1.54) is 4.90 Å². The number of rotatable bonds is 4. The van der Waals surface area contributed by atoms with Crippen LogP contribution in [0.3, 0.4) is 0 Å². The lowest BCUT2D eigenvalue weighted by Crippen LogP contribution is -2.72. The Labute approximate surface area is 158 Å². The number of piperidine rings is 1. The monoisotopic (exact) mass is 371 g/mol. The highest BCUT2D eigenvalue weighted by molar-refractivity contribution is 6.20. The summed E-state index contributed by atoms with van der Waals surface area (Å²) in [6.45, 7) is 1.53. The number of fused-ring (bicyclic) bond motifs is 4. The molecule has 144 valence electrons. The van der Waals surface area contributed by atoms with Crippen molar-refractivity contribution in [3.63, 3.8) is 0 Å². The van der Waals surface area contributed by atoms with Gasteiger partial charge < -0.3 is 9.64 Å². The van der Waals surface area contributed by atoms with Gasteiger partial charge in [-0.3, -0.25) is 19.8 Å². The van der Waals surface area contributed by atoms with Crippen molar-refractivity contribution in [1.82, 2.24) is 10.2 Å². The molecular formula is C20H25N3O4. The third-order valence-corrected chi connectivity index (χ3v) is 6.07. The molecule has 0 aromatic heterocycles. The normalized spacial score (nSPS) is 27.4. The largest absolute Gasteiger partial charge is 0.385 e. The number of barbiturate groups is 1. The third kappa shape index (κ3) is 2.72. The Bertz CT molecular complexity index is 780. The average Bonchev–Trinajstić information content (AvgIpc) is 2.69. The molecule has 2 saturated heterocycles. The third-order valence-electron chi connectivity index (χ3n) is 6.07. The van der Waals surface area contributed by atoms with Gasteiger partial charge in [0.15, 0.2) is 5.41 Å². The summed E-state index contributed by atoms with van der Waals surface area (Å²) in [5, 5.41) is 2.47. The second-order valence-electron chi connectivity index (χ2n) is 7.54. The van der Waals surface area contributed by atoms with Crippen molar-refractivity contribution in [3.05, 3.63) is 29.8 Å². The number of nitrogens with zero attached hydrogens (tertiary/aromatic N) is 2. The standard InChI is InChI=1S/C20H25N3O4/c1-27-12-6-11-23-18(25)20(17(24)21-19(23)26)13-14-7-2-3-8-15(14)22-10-5-4-9-16(20)22/h2-3,7-8,16H,4-6,9-13H2,1H3,(H,21,24,26). The molecule has 4 rings (SSSR count). The molecule has 3 heterocycles. The van der Waals surface area contributed by atoms with E-state index in [9.17, 15) is 14.4 Å². The molecule has 27 heavy (non-hydrogen) atoms. The van der Waals surface area contributed by atoms with Crippen LogP contribution in [-0.2, 0) is 20.7 Å². The van der Waals surface area contributed by atoms with Gasteiger partial charge in [0.05, 0.1) is 6.04 Å². The first kappa shape index (κ1) is 18.0. The van der Waals surface area contributed by atoms with Gasteiger partial charge in [0.25, 0.3) is 0 Å². The predicted molar refractivity (Wildman–Crippen MR) is 99.3 cm³/mol. The molecule has 0 radical (unpaired) electrons. The summed E-state index contributed by atoms with van der Waals surface area (Å²) in [5.41, 5.74) is 0.858. The van der Waals surface area contributed by atoms with Crippen molar-refractivity contribution in [1.29, 1.82) is 0 Å². The van der Waals surface area contributed by atoms with E-state index in [4.69, 9.17) is 4.74 Å². The molecule has 4 amide bonds. The van der Waals surface area contributed by atoms with Crippen LogP contribution in [0.1, 0.15) is 31.2 Å². The minimum Gasteiger partial charge on any atom is -0.385 e. The van der Waals surface area contributed by atoms with Crippen LogP contribution in [0.15, 0.2) is 24.3 Å². The molecule has 7 heteroatoms. The zero-order chi connectivity index (χ0) is 19.0. The van der Waals surface area contributed by atoms with Crippen molar-refractivity contribution in [2.45, 2.75) is 38.1 Å². The summed E-state index contributed by atoms with van der Waals surface area (Å²) in [5.74, 6) is -0.814. The molecule has 3 aliphatic rings. The van der Waals surface area contributed by atoms with Gasteiger partial charge in [-0.25, -0.2) is 4.79 Å². The maximum atomic E-state index is 13.6. The van der Waals surface area contributed by atoms with Crippen molar-refractivity contribution in [2.75, 3.05) is 31.7 Å². The number of carbonyl (C=O) groups is 3. The molecule has 0 bridgehead atoms. The molecule has 2 fully saturated rings. The maximum absolute atomic E-state index is 13.6. The lowest BCUT2D eigenvalue weighted by Gasteiger charge is -2.53. The van der Waals surface area contributed by atoms with Crippen LogP contribution in [0.25, 0.3) is 0 Å². The minimum atomic E-state index is -1.24. The summed E-state index contributed by atoms with van der Waals surface area (Å²) in [6, 6.07) is 7.14. The fourth-order valence-electron chi connectivity index (χ4n) is 4.82. The first-order valence-electron chi connectivity index (χ1n) is 9.60. The molecule has 0 saturated carbocycles. The van der Waals surface area contributed by atoms with Gasteiger partial charge in [-0.15, -0.1) is 0 Å². The lowest BCUT2D eigenvalue weighted by atomic mass is 9.66. The second-order valence-corrected chi connectivity index (χ2v) is 7.54.